The van der Waals surface area contributed by atoms with Crippen molar-refractivity contribution in [3.63, 3.8) is 0 Å². The van der Waals surface area contributed by atoms with Crippen LogP contribution in [-0.2, 0) is 19.4 Å². The quantitative estimate of drug-likeness (QED) is 0.334. The SMILES string of the molecule is Cc1ccc2c(c1)nc(N)c1ncc(CCc3ccc(CNCCO)cc3)cc12. The molecule has 0 fully saturated rings. The van der Waals surface area contributed by atoms with Gasteiger partial charge in [-0.15, -0.1) is 0 Å². The second-order valence-corrected chi connectivity index (χ2v) is 7.47. The number of nitrogens with two attached hydrogens (primary N) is 1. The third-order valence-electron chi connectivity index (χ3n) is 5.21. The van der Waals surface area contributed by atoms with E-state index in [1.165, 1.54) is 22.3 Å². The molecule has 0 amide bonds. The zero-order valence-corrected chi connectivity index (χ0v) is 16.7. The van der Waals surface area contributed by atoms with Crippen molar-refractivity contribution in [1.82, 2.24) is 15.3 Å². The molecule has 0 aliphatic carbocycles. The Hall–Kier alpha value is -3.02. The summed E-state index contributed by atoms with van der Waals surface area (Å²) in [7, 11) is 0. The first kappa shape index (κ1) is 19.3. The molecular weight excluding hydrogens is 360 g/mol. The van der Waals surface area contributed by atoms with E-state index in [2.05, 4.69) is 70.7 Å². The van der Waals surface area contributed by atoms with Crippen molar-refractivity contribution in [2.45, 2.75) is 26.3 Å². The topological polar surface area (TPSA) is 84.1 Å². The highest BCUT2D eigenvalue weighted by molar-refractivity contribution is 6.08. The van der Waals surface area contributed by atoms with Gasteiger partial charge < -0.3 is 16.2 Å². The maximum absolute atomic E-state index is 8.84. The van der Waals surface area contributed by atoms with E-state index in [1.54, 1.807) is 0 Å². The molecule has 2 aromatic heterocycles. The van der Waals surface area contributed by atoms with E-state index in [0.29, 0.717) is 12.4 Å². The Morgan fingerprint density at radius 3 is 2.48 bits per heavy atom. The highest BCUT2D eigenvalue weighted by atomic mass is 16.3. The summed E-state index contributed by atoms with van der Waals surface area (Å²) in [6.45, 7) is 3.61. The van der Waals surface area contributed by atoms with Gasteiger partial charge in [0.05, 0.1) is 12.1 Å². The van der Waals surface area contributed by atoms with Crippen molar-refractivity contribution in [3.05, 3.63) is 77.0 Å². The summed E-state index contributed by atoms with van der Waals surface area (Å²) < 4.78 is 0. The van der Waals surface area contributed by atoms with Gasteiger partial charge in [0.15, 0.2) is 5.82 Å². The molecule has 0 saturated heterocycles. The summed E-state index contributed by atoms with van der Waals surface area (Å²) in [5, 5.41) is 14.2. The number of pyridine rings is 2. The zero-order chi connectivity index (χ0) is 20.2. The lowest BCUT2D eigenvalue weighted by molar-refractivity contribution is 0.292. The fraction of sp³-hybridized carbons (Fsp3) is 0.250. The van der Waals surface area contributed by atoms with E-state index in [4.69, 9.17) is 10.8 Å². The van der Waals surface area contributed by atoms with Gasteiger partial charge in [-0.25, -0.2) is 4.98 Å². The van der Waals surface area contributed by atoms with Gasteiger partial charge in [0.1, 0.15) is 5.52 Å². The molecule has 0 saturated carbocycles. The minimum atomic E-state index is 0.161. The van der Waals surface area contributed by atoms with E-state index in [-0.39, 0.29) is 6.61 Å². The molecule has 2 heterocycles. The minimum absolute atomic E-state index is 0.161. The number of aryl methyl sites for hydroxylation is 3. The van der Waals surface area contributed by atoms with Crippen LogP contribution in [-0.4, -0.2) is 28.2 Å². The molecule has 4 aromatic rings. The Morgan fingerprint density at radius 1 is 0.931 bits per heavy atom. The molecule has 2 aromatic carbocycles. The van der Waals surface area contributed by atoms with E-state index in [9.17, 15) is 0 Å². The predicted octanol–water partition coefficient (Wildman–Crippen LogP) is 3.54. The van der Waals surface area contributed by atoms with Crippen LogP contribution in [0.4, 0.5) is 5.82 Å². The average Bonchev–Trinajstić information content (AvgIpc) is 2.73. The fourth-order valence-electron chi connectivity index (χ4n) is 3.62. The number of aliphatic hydroxyl groups excluding tert-OH is 1. The van der Waals surface area contributed by atoms with E-state index >= 15 is 0 Å². The van der Waals surface area contributed by atoms with Crippen LogP contribution < -0.4 is 11.1 Å². The maximum Gasteiger partial charge on any atom is 0.150 e. The number of rotatable bonds is 7. The van der Waals surface area contributed by atoms with E-state index in [1.807, 2.05) is 6.20 Å². The van der Waals surface area contributed by atoms with Crippen LogP contribution in [0, 0.1) is 6.92 Å². The van der Waals surface area contributed by atoms with Crippen LogP contribution >= 0.6 is 0 Å². The van der Waals surface area contributed by atoms with Crippen LogP contribution in [0.2, 0.25) is 0 Å². The molecule has 0 bridgehead atoms. The van der Waals surface area contributed by atoms with Crippen molar-refractivity contribution in [2.75, 3.05) is 18.9 Å². The number of hydrogen-bond donors (Lipinski definition) is 3. The van der Waals surface area contributed by atoms with Gasteiger partial charge in [0.2, 0.25) is 0 Å². The molecule has 4 N–H and O–H groups in total. The number of benzene rings is 2. The number of nitrogens with zero attached hydrogens (tertiary/aromatic N) is 2. The van der Waals surface area contributed by atoms with Gasteiger partial charge >= 0.3 is 0 Å². The first-order valence-electron chi connectivity index (χ1n) is 9.98. The summed E-state index contributed by atoms with van der Waals surface area (Å²) in [5.41, 5.74) is 12.7. The summed E-state index contributed by atoms with van der Waals surface area (Å²) in [6, 6.07) is 17.1. The number of aliphatic hydroxyl groups is 1. The lowest BCUT2D eigenvalue weighted by atomic mass is 10.0. The highest BCUT2D eigenvalue weighted by Gasteiger charge is 2.09. The fourth-order valence-corrected chi connectivity index (χ4v) is 3.62. The molecule has 0 radical (unpaired) electrons. The van der Waals surface area contributed by atoms with Gasteiger partial charge in [-0.05, 0) is 54.2 Å². The zero-order valence-electron chi connectivity index (χ0n) is 16.7. The van der Waals surface area contributed by atoms with Crippen molar-refractivity contribution >= 4 is 27.6 Å². The molecular formula is C24H26N4O. The molecule has 0 spiro atoms. The molecule has 0 aliphatic heterocycles. The summed E-state index contributed by atoms with van der Waals surface area (Å²) in [4.78, 5) is 9.12. The molecule has 0 aliphatic rings. The Balaban J connectivity index is 1.53. The molecule has 5 nitrogen and oxygen atoms in total. The minimum Gasteiger partial charge on any atom is -0.395 e. The van der Waals surface area contributed by atoms with Gasteiger partial charge in [0, 0.05) is 30.1 Å². The smallest absolute Gasteiger partial charge is 0.150 e. The number of fused-ring (bicyclic) bond motifs is 3. The van der Waals surface area contributed by atoms with Crippen LogP contribution in [0.25, 0.3) is 21.8 Å². The van der Waals surface area contributed by atoms with Crippen LogP contribution in [0.1, 0.15) is 22.3 Å². The largest absolute Gasteiger partial charge is 0.395 e. The van der Waals surface area contributed by atoms with Gasteiger partial charge in [0.25, 0.3) is 0 Å². The van der Waals surface area contributed by atoms with Gasteiger partial charge in [-0.2, -0.15) is 0 Å². The number of hydrogen-bond acceptors (Lipinski definition) is 5. The van der Waals surface area contributed by atoms with E-state index in [0.717, 1.165) is 41.2 Å². The van der Waals surface area contributed by atoms with Crippen LogP contribution in [0.3, 0.4) is 0 Å². The molecule has 0 atom stereocenters. The third kappa shape index (κ3) is 4.36. The Morgan fingerprint density at radius 2 is 1.69 bits per heavy atom. The third-order valence-corrected chi connectivity index (χ3v) is 5.21. The average molecular weight is 386 g/mol. The van der Waals surface area contributed by atoms with Crippen LogP contribution in [0.15, 0.2) is 54.7 Å². The summed E-state index contributed by atoms with van der Waals surface area (Å²) in [5.74, 6) is 0.482. The van der Waals surface area contributed by atoms with Gasteiger partial charge in [-0.3, -0.25) is 4.98 Å². The molecule has 4 rings (SSSR count). The number of nitrogen functional groups attached to an aromatic ring is 1. The first-order valence-corrected chi connectivity index (χ1v) is 9.98. The standard InChI is InChI=1S/C24H26N4O/c1-16-2-9-20-21-13-19(15-27-23(21)24(25)28-22(20)12-16)8-5-17-3-6-18(7-4-17)14-26-10-11-29/h2-4,6-7,9,12-13,15,26,29H,5,8,10-11,14H2,1H3,(H2,25,28). The summed E-state index contributed by atoms with van der Waals surface area (Å²) >= 11 is 0. The first-order chi connectivity index (χ1) is 14.1. The maximum atomic E-state index is 8.84. The monoisotopic (exact) mass is 386 g/mol. The van der Waals surface area contributed by atoms with E-state index < -0.39 is 0 Å². The highest BCUT2D eigenvalue weighted by Crippen LogP contribution is 2.28. The number of anilines is 1. The van der Waals surface area contributed by atoms with Crippen molar-refractivity contribution in [3.8, 4) is 0 Å². The molecule has 5 heteroatoms. The lowest BCUT2D eigenvalue weighted by Crippen LogP contribution is -2.17. The van der Waals surface area contributed by atoms with Crippen molar-refractivity contribution in [2.24, 2.45) is 0 Å². The Labute approximate surface area is 170 Å². The Bertz CT molecular complexity index is 1140. The van der Waals surface area contributed by atoms with Gasteiger partial charge in [-0.1, -0.05) is 36.4 Å². The van der Waals surface area contributed by atoms with Crippen LogP contribution in [0.5, 0.6) is 0 Å². The number of aromatic nitrogens is 2. The molecule has 29 heavy (non-hydrogen) atoms. The second kappa shape index (κ2) is 8.55. The Kier molecular flexibility index (Phi) is 5.69. The van der Waals surface area contributed by atoms with Crippen molar-refractivity contribution < 1.29 is 5.11 Å². The predicted molar refractivity (Wildman–Crippen MR) is 119 cm³/mol. The van der Waals surface area contributed by atoms with Crippen molar-refractivity contribution in [1.29, 1.82) is 0 Å². The normalized spacial score (nSPS) is 11.4. The number of nitrogens with one attached hydrogen (secondary N) is 1. The lowest BCUT2D eigenvalue weighted by Gasteiger charge is -2.09. The summed E-state index contributed by atoms with van der Waals surface area (Å²) in [6.07, 6.45) is 3.78. The second-order valence-electron chi connectivity index (χ2n) is 7.47. The molecule has 148 valence electrons. The molecule has 0 unspecified atom stereocenters.